The normalized spacial score (nSPS) is 12.5. The summed E-state index contributed by atoms with van der Waals surface area (Å²) in [4.78, 5) is 12.2. The lowest BCUT2D eigenvalue weighted by molar-refractivity contribution is -0.121. The van der Waals surface area contributed by atoms with Crippen LogP contribution in [0.25, 0.3) is 0 Å². The van der Waals surface area contributed by atoms with Crippen LogP contribution in [-0.2, 0) is 14.8 Å². The SMILES string of the molecule is Cc1cccc(N(CCCC(=O)N[C@H](C)c2ccc(F)cc2)S(C)(=O)=O)c1C. The van der Waals surface area contributed by atoms with Crippen molar-refractivity contribution < 1.29 is 17.6 Å². The molecule has 0 bridgehead atoms. The number of carbonyl (C=O) groups excluding carboxylic acids is 1. The number of halogens is 1. The van der Waals surface area contributed by atoms with Gasteiger partial charge in [0.2, 0.25) is 15.9 Å². The number of hydrogen-bond donors (Lipinski definition) is 1. The summed E-state index contributed by atoms with van der Waals surface area (Å²) in [6.45, 7) is 5.87. The van der Waals surface area contributed by atoms with Gasteiger partial charge in [-0.05, 0) is 62.1 Å². The van der Waals surface area contributed by atoms with E-state index < -0.39 is 10.0 Å². The summed E-state index contributed by atoms with van der Waals surface area (Å²) >= 11 is 0. The van der Waals surface area contributed by atoms with E-state index in [-0.39, 0.29) is 30.7 Å². The highest BCUT2D eigenvalue weighted by molar-refractivity contribution is 7.92. The van der Waals surface area contributed by atoms with Crippen LogP contribution in [0.3, 0.4) is 0 Å². The van der Waals surface area contributed by atoms with Crippen molar-refractivity contribution in [2.45, 2.75) is 39.7 Å². The molecule has 1 N–H and O–H groups in total. The Balaban J connectivity index is 1.97. The standard InChI is InChI=1S/C21H27FN2O3S/c1-15-7-5-8-20(16(15)2)24(28(4,26)27)14-6-9-21(25)23-17(3)18-10-12-19(22)13-11-18/h5,7-8,10-13,17H,6,9,14H2,1-4H3,(H,23,25)/t17-/m1/s1. The first-order valence-corrected chi connectivity index (χ1v) is 11.0. The fraction of sp³-hybridized carbons (Fsp3) is 0.381. The lowest BCUT2D eigenvalue weighted by Gasteiger charge is -2.25. The Morgan fingerprint density at radius 2 is 1.79 bits per heavy atom. The quantitative estimate of drug-likeness (QED) is 0.724. The van der Waals surface area contributed by atoms with E-state index in [0.29, 0.717) is 12.1 Å². The van der Waals surface area contributed by atoms with E-state index >= 15 is 0 Å². The van der Waals surface area contributed by atoms with Crippen LogP contribution in [0.5, 0.6) is 0 Å². The minimum Gasteiger partial charge on any atom is -0.350 e. The van der Waals surface area contributed by atoms with Crippen LogP contribution in [0.2, 0.25) is 0 Å². The first-order chi connectivity index (χ1) is 13.1. The molecular weight excluding hydrogens is 379 g/mol. The third-order valence-corrected chi connectivity index (χ3v) is 5.94. The fourth-order valence-electron chi connectivity index (χ4n) is 3.00. The lowest BCUT2D eigenvalue weighted by atomic mass is 10.1. The Morgan fingerprint density at radius 1 is 1.14 bits per heavy atom. The number of nitrogens with zero attached hydrogens (tertiary/aromatic N) is 1. The summed E-state index contributed by atoms with van der Waals surface area (Å²) in [7, 11) is -3.46. The van der Waals surface area contributed by atoms with Crippen LogP contribution in [0.1, 0.15) is 42.5 Å². The summed E-state index contributed by atoms with van der Waals surface area (Å²) in [6, 6.07) is 11.3. The zero-order chi connectivity index (χ0) is 20.9. The number of nitrogens with one attached hydrogen (secondary N) is 1. The zero-order valence-corrected chi connectivity index (χ0v) is 17.5. The second-order valence-electron chi connectivity index (χ2n) is 7.00. The van der Waals surface area contributed by atoms with Gasteiger partial charge >= 0.3 is 0 Å². The van der Waals surface area contributed by atoms with Crippen LogP contribution in [0, 0.1) is 19.7 Å². The molecule has 1 amide bonds. The van der Waals surface area contributed by atoms with Crippen LogP contribution >= 0.6 is 0 Å². The molecule has 0 aliphatic heterocycles. The molecule has 2 rings (SSSR count). The van der Waals surface area contributed by atoms with E-state index in [4.69, 9.17) is 0 Å². The van der Waals surface area contributed by atoms with Crippen molar-refractivity contribution in [2.24, 2.45) is 0 Å². The van der Waals surface area contributed by atoms with Gasteiger partial charge in [0.15, 0.2) is 0 Å². The highest BCUT2D eigenvalue weighted by atomic mass is 32.2. The van der Waals surface area contributed by atoms with Gasteiger partial charge in [-0.25, -0.2) is 12.8 Å². The second kappa shape index (κ2) is 9.19. The van der Waals surface area contributed by atoms with E-state index in [0.717, 1.165) is 16.7 Å². The molecule has 0 aliphatic rings. The predicted octanol–water partition coefficient (Wildman–Crippen LogP) is 3.87. The summed E-state index contributed by atoms with van der Waals surface area (Å²) in [5.41, 5.74) is 3.37. The highest BCUT2D eigenvalue weighted by Crippen LogP contribution is 2.25. The van der Waals surface area contributed by atoms with Gasteiger partial charge in [0.25, 0.3) is 0 Å². The number of hydrogen-bond acceptors (Lipinski definition) is 3. The Morgan fingerprint density at radius 3 is 2.39 bits per heavy atom. The fourth-order valence-corrected chi connectivity index (χ4v) is 4.02. The van der Waals surface area contributed by atoms with Crippen LogP contribution in [0.4, 0.5) is 10.1 Å². The van der Waals surface area contributed by atoms with Gasteiger partial charge in [-0.15, -0.1) is 0 Å². The third kappa shape index (κ3) is 5.79. The maximum atomic E-state index is 13.0. The maximum absolute atomic E-state index is 13.0. The molecule has 5 nitrogen and oxygen atoms in total. The van der Waals surface area contributed by atoms with E-state index in [2.05, 4.69) is 5.32 Å². The van der Waals surface area contributed by atoms with Crippen molar-refractivity contribution in [3.8, 4) is 0 Å². The topological polar surface area (TPSA) is 66.5 Å². The van der Waals surface area contributed by atoms with Crippen molar-refractivity contribution in [1.29, 1.82) is 0 Å². The summed E-state index contributed by atoms with van der Waals surface area (Å²) < 4.78 is 38.9. The number of anilines is 1. The molecule has 0 heterocycles. The van der Waals surface area contributed by atoms with Crippen molar-refractivity contribution in [3.05, 3.63) is 65.0 Å². The van der Waals surface area contributed by atoms with Crippen molar-refractivity contribution >= 4 is 21.6 Å². The lowest BCUT2D eigenvalue weighted by Crippen LogP contribution is -2.33. The number of amides is 1. The molecule has 7 heteroatoms. The number of rotatable bonds is 8. The van der Waals surface area contributed by atoms with Gasteiger partial charge in [0.1, 0.15) is 5.82 Å². The van der Waals surface area contributed by atoms with E-state index in [1.54, 1.807) is 18.2 Å². The number of carbonyl (C=O) groups is 1. The van der Waals surface area contributed by atoms with Crippen LogP contribution in [-0.4, -0.2) is 27.1 Å². The molecule has 2 aromatic rings. The van der Waals surface area contributed by atoms with Crippen LogP contribution in [0.15, 0.2) is 42.5 Å². The van der Waals surface area contributed by atoms with Gasteiger partial charge < -0.3 is 5.32 Å². The van der Waals surface area contributed by atoms with Crippen LogP contribution < -0.4 is 9.62 Å². The zero-order valence-electron chi connectivity index (χ0n) is 16.7. The molecule has 28 heavy (non-hydrogen) atoms. The Kier molecular flexibility index (Phi) is 7.18. The number of aryl methyl sites for hydroxylation is 1. The first-order valence-electron chi connectivity index (χ1n) is 9.18. The molecule has 0 saturated heterocycles. The summed E-state index contributed by atoms with van der Waals surface area (Å²) in [6.07, 6.45) is 1.76. The molecule has 1 atom stereocenters. The second-order valence-corrected chi connectivity index (χ2v) is 8.91. The molecule has 0 radical (unpaired) electrons. The Labute approximate surface area is 166 Å². The number of sulfonamides is 1. The van der Waals surface area contributed by atoms with Gasteiger partial charge in [-0.1, -0.05) is 24.3 Å². The maximum Gasteiger partial charge on any atom is 0.232 e. The van der Waals surface area contributed by atoms with Gasteiger partial charge in [-0.3, -0.25) is 9.10 Å². The molecule has 0 unspecified atom stereocenters. The molecule has 0 saturated carbocycles. The highest BCUT2D eigenvalue weighted by Gasteiger charge is 2.20. The smallest absolute Gasteiger partial charge is 0.232 e. The molecule has 0 aromatic heterocycles. The summed E-state index contributed by atoms with van der Waals surface area (Å²) in [5.74, 6) is -0.499. The van der Waals surface area contributed by atoms with Gasteiger partial charge in [0, 0.05) is 13.0 Å². The van der Waals surface area contributed by atoms with E-state index in [1.807, 2.05) is 32.9 Å². The molecule has 2 aromatic carbocycles. The minimum atomic E-state index is -3.46. The largest absolute Gasteiger partial charge is 0.350 e. The minimum absolute atomic E-state index is 0.175. The Bertz CT molecular complexity index is 927. The van der Waals surface area contributed by atoms with E-state index in [1.165, 1.54) is 22.7 Å². The molecular formula is C21H27FN2O3S. The molecule has 0 aliphatic carbocycles. The van der Waals surface area contributed by atoms with Gasteiger partial charge in [-0.2, -0.15) is 0 Å². The van der Waals surface area contributed by atoms with Crippen molar-refractivity contribution in [2.75, 3.05) is 17.1 Å². The first kappa shape index (κ1) is 21.9. The third-order valence-electron chi connectivity index (χ3n) is 4.76. The Hall–Kier alpha value is -2.41. The van der Waals surface area contributed by atoms with E-state index in [9.17, 15) is 17.6 Å². The van der Waals surface area contributed by atoms with Crippen molar-refractivity contribution in [1.82, 2.24) is 5.32 Å². The summed E-state index contributed by atoms with van der Waals surface area (Å²) in [5, 5.41) is 2.86. The average molecular weight is 407 g/mol. The molecule has 0 fully saturated rings. The average Bonchev–Trinajstić information content (AvgIpc) is 2.61. The van der Waals surface area contributed by atoms with Crippen molar-refractivity contribution in [3.63, 3.8) is 0 Å². The number of benzene rings is 2. The molecule has 152 valence electrons. The molecule has 0 spiro atoms. The monoisotopic (exact) mass is 406 g/mol. The predicted molar refractivity (Wildman–Crippen MR) is 110 cm³/mol. The van der Waals surface area contributed by atoms with Gasteiger partial charge in [0.05, 0.1) is 18.0 Å².